The molecule has 2 aromatic rings. The normalized spacial score (nSPS) is 10.9. The van der Waals surface area contributed by atoms with E-state index in [1.807, 2.05) is 13.8 Å². The fraction of sp³-hybridized carbons (Fsp3) is 0.375. The first kappa shape index (κ1) is 15.6. The van der Waals surface area contributed by atoms with Gasteiger partial charge in [0, 0.05) is 6.54 Å². The summed E-state index contributed by atoms with van der Waals surface area (Å²) in [6, 6.07) is 8.34. The summed E-state index contributed by atoms with van der Waals surface area (Å²) in [4.78, 5) is 12.1. The highest BCUT2D eigenvalue weighted by Crippen LogP contribution is 2.17. The number of hydrogen-bond donors (Lipinski definition) is 1. The summed E-state index contributed by atoms with van der Waals surface area (Å²) in [5.74, 6) is 0. The molecule has 1 aromatic carbocycles. The smallest absolute Gasteiger partial charge is 0.287 e. The molecule has 0 amide bonds. The Labute approximate surface area is 129 Å². The molecular formula is C16H20ClN3O. The van der Waals surface area contributed by atoms with Gasteiger partial charge in [-0.1, -0.05) is 42.8 Å². The molecule has 21 heavy (non-hydrogen) atoms. The first-order valence-electron chi connectivity index (χ1n) is 7.12. The molecule has 0 saturated heterocycles. The minimum Gasteiger partial charge on any atom is -0.378 e. The predicted molar refractivity (Wildman–Crippen MR) is 87.0 cm³/mol. The van der Waals surface area contributed by atoms with Crippen molar-refractivity contribution in [2.75, 3.05) is 5.32 Å². The lowest BCUT2D eigenvalue weighted by Crippen LogP contribution is -2.25. The second-order valence-electron chi connectivity index (χ2n) is 5.24. The quantitative estimate of drug-likeness (QED) is 0.917. The summed E-state index contributed by atoms with van der Waals surface area (Å²) >= 11 is 6.12. The Hall–Kier alpha value is -1.81. The van der Waals surface area contributed by atoms with Crippen LogP contribution in [0.25, 0.3) is 0 Å². The summed E-state index contributed by atoms with van der Waals surface area (Å²) in [6.07, 6.45) is 2.63. The van der Waals surface area contributed by atoms with Gasteiger partial charge in [-0.05, 0) is 31.4 Å². The third-order valence-electron chi connectivity index (χ3n) is 3.35. The van der Waals surface area contributed by atoms with Crippen LogP contribution in [0.4, 0.5) is 5.69 Å². The van der Waals surface area contributed by atoms with Crippen LogP contribution in [0.15, 0.2) is 35.3 Å². The van der Waals surface area contributed by atoms with Crippen molar-refractivity contribution in [2.24, 2.45) is 0 Å². The molecule has 1 heterocycles. The number of hydrogen-bond acceptors (Lipinski definition) is 3. The van der Waals surface area contributed by atoms with Gasteiger partial charge in [-0.15, -0.1) is 0 Å². The largest absolute Gasteiger partial charge is 0.378 e. The van der Waals surface area contributed by atoms with Gasteiger partial charge in [0.1, 0.15) is 5.02 Å². The monoisotopic (exact) mass is 305 g/mol. The molecule has 0 saturated carbocycles. The average molecular weight is 306 g/mol. The number of halogens is 1. The second kappa shape index (κ2) is 6.76. The van der Waals surface area contributed by atoms with Crippen molar-refractivity contribution in [3.8, 4) is 0 Å². The van der Waals surface area contributed by atoms with E-state index >= 15 is 0 Å². The van der Waals surface area contributed by atoms with Crippen LogP contribution in [-0.2, 0) is 13.0 Å². The molecule has 0 aliphatic rings. The number of anilines is 1. The average Bonchev–Trinajstić information content (AvgIpc) is 2.49. The van der Waals surface area contributed by atoms with Crippen LogP contribution < -0.4 is 10.9 Å². The fourth-order valence-electron chi connectivity index (χ4n) is 2.03. The number of rotatable bonds is 5. The van der Waals surface area contributed by atoms with Crippen molar-refractivity contribution in [3.63, 3.8) is 0 Å². The Morgan fingerprint density at radius 1 is 1.24 bits per heavy atom. The van der Waals surface area contributed by atoms with Gasteiger partial charge in [0.15, 0.2) is 0 Å². The van der Waals surface area contributed by atoms with E-state index in [-0.39, 0.29) is 16.6 Å². The Morgan fingerprint density at radius 2 is 1.86 bits per heavy atom. The molecule has 0 radical (unpaired) electrons. The number of benzene rings is 1. The van der Waals surface area contributed by atoms with Crippen molar-refractivity contribution in [3.05, 3.63) is 57.0 Å². The Balaban J connectivity index is 2.13. The Bertz CT molecular complexity index is 662. The molecule has 1 N–H and O–H groups in total. The maximum Gasteiger partial charge on any atom is 0.287 e. The van der Waals surface area contributed by atoms with Gasteiger partial charge in [-0.25, -0.2) is 4.68 Å². The van der Waals surface area contributed by atoms with Gasteiger partial charge in [-0.3, -0.25) is 4.79 Å². The molecule has 0 aliphatic heterocycles. The van der Waals surface area contributed by atoms with E-state index in [1.54, 1.807) is 6.20 Å². The summed E-state index contributed by atoms with van der Waals surface area (Å²) in [5, 5.41) is 7.49. The molecule has 4 nitrogen and oxygen atoms in total. The topological polar surface area (TPSA) is 46.9 Å². The summed E-state index contributed by atoms with van der Waals surface area (Å²) in [7, 11) is 0. The van der Waals surface area contributed by atoms with Crippen LogP contribution >= 0.6 is 11.6 Å². The fourth-order valence-corrected chi connectivity index (χ4v) is 2.23. The van der Waals surface area contributed by atoms with E-state index in [4.69, 9.17) is 11.6 Å². The number of aromatic nitrogens is 2. The summed E-state index contributed by atoms with van der Waals surface area (Å²) in [5.41, 5.74) is 2.74. The zero-order chi connectivity index (χ0) is 15.4. The van der Waals surface area contributed by atoms with Crippen LogP contribution in [0, 0.1) is 0 Å². The third kappa shape index (κ3) is 3.64. The maximum atomic E-state index is 12.1. The molecule has 0 atom stereocenters. The van der Waals surface area contributed by atoms with Gasteiger partial charge in [-0.2, -0.15) is 5.10 Å². The van der Waals surface area contributed by atoms with Gasteiger partial charge in [0.05, 0.1) is 17.9 Å². The second-order valence-corrected chi connectivity index (χ2v) is 5.62. The van der Waals surface area contributed by atoms with Crippen molar-refractivity contribution < 1.29 is 0 Å². The third-order valence-corrected chi connectivity index (χ3v) is 3.71. The molecule has 0 fully saturated rings. The van der Waals surface area contributed by atoms with Gasteiger partial charge >= 0.3 is 0 Å². The molecule has 0 bridgehead atoms. The summed E-state index contributed by atoms with van der Waals surface area (Å²) in [6.45, 7) is 6.53. The lowest BCUT2D eigenvalue weighted by atomic mass is 10.1. The van der Waals surface area contributed by atoms with Crippen molar-refractivity contribution in [1.82, 2.24) is 9.78 Å². The van der Waals surface area contributed by atoms with Crippen LogP contribution in [0.1, 0.15) is 37.9 Å². The SMILES string of the molecule is CCc1ccc(CNc2cnn(C(C)C)c(=O)c2Cl)cc1. The molecular weight excluding hydrogens is 286 g/mol. The Kier molecular flexibility index (Phi) is 5.02. The van der Waals surface area contributed by atoms with Gasteiger partial charge in [0.25, 0.3) is 5.56 Å². The zero-order valence-electron chi connectivity index (χ0n) is 12.6. The highest BCUT2D eigenvalue weighted by Gasteiger charge is 2.10. The van der Waals surface area contributed by atoms with Crippen LogP contribution in [0.2, 0.25) is 5.02 Å². The van der Waals surface area contributed by atoms with Crippen molar-refractivity contribution >= 4 is 17.3 Å². The maximum absolute atomic E-state index is 12.1. The minimum atomic E-state index is -0.266. The van der Waals surface area contributed by atoms with Gasteiger partial charge < -0.3 is 5.32 Å². The highest BCUT2D eigenvalue weighted by atomic mass is 35.5. The van der Waals surface area contributed by atoms with E-state index in [2.05, 4.69) is 41.6 Å². The summed E-state index contributed by atoms with van der Waals surface area (Å²) < 4.78 is 1.38. The van der Waals surface area contributed by atoms with E-state index < -0.39 is 0 Å². The van der Waals surface area contributed by atoms with Crippen LogP contribution in [-0.4, -0.2) is 9.78 Å². The van der Waals surface area contributed by atoms with E-state index in [0.29, 0.717) is 12.2 Å². The molecule has 1 aromatic heterocycles. The van der Waals surface area contributed by atoms with Crippen molar-refractivity contribution in [1.29, 1.82) is 0 Å². The molecule has 0 unspecified atom stereocenters. The molecule has 112 valence electrons. The van der Waals surface area contributed by atoms with E-state index in [0.717, 1.165) is 12.0 Å². The number of aryl methyl sites for hydroxylation is 1. The number of nitrogens with zero attached hydrogens (tertiary/aromatic N) is 2. The van der Waals surface area contributed by atoms with Gasteiger partial charge in [0.2, 0.25) is 0 Å². The Morgan fingerprint density at radius 3 is 2.43 bits per heavy atom. The highest BCUT2D eigenvalue weighted by molar-refractivity contribution is 6.32. The van der Waals surface area contributed by atoms with Crippen LogP contribution in [0.3, 0.4) is 0 Å². The lowest BCUT2D eigenvalue weighted by Gasteiger charge is -2.12. The van der Waals surface area contributed by atoms with Crippen molar-refractivity contribution in [2.45, 2.75) is 39.8 Å². The molecule has 2 rings (SSSR count). The predicted octanol–water partition coefficient (Wildman–Crippen LogP) is 3.65. The van der Waals surface area contributed by atoms with E-state index in [9.17, 15) is 4.79 Å². The lowest BCUT2D eigenvalue weighted by molar-refractivity contribution is 0.503. The van der Waals surface area contributed by atoms with Crippen LogP contribution in [0.5, 0.6) is 0 Å². The first-order chi connectivity index (χ1) is 10.0. The molecule has 5 heteroatoms. The standard InChI is InChI=1S/C16H20ClN3O/c1-4-12-5-7-13(8-6-12)9-18-14-10-19-20(11(2)3)16(21)15(14)17/h5-8,10-11,18H,4,9H2,1-3H3. The minimum absolute atomic E-state index is 0.00867. The molecule has 0 aliphatic carbocycles. The van der Waals surface area contributed by atoms with E-state index in [1.165, 1.54) is 10.2 Å². The first-order valence-corrected chi connectivity index (χ1v) is 7.49. The zero-order valence-corrected chi connectivity index (χ0v) is 13.3. The number of nitrogens with one attached hydrogen (secondary N) is 1. The molecule has 0 spiro atoms.